The summed E-state index contributed by atoms with van der Waals surface area (Å²) in [4.78, 5) is 25.3. The van der Waals surface area contributed by atoms with Crippen LogP contribution in [0.25, 0.3) is 10.8 Å². The summed E-state index contributed by atoms with van der Waals surface area (Å²) in [7, 11) is 1.71. The molecule has 2 N–H and O–H groups in total. The van der Waals surface area contributed by atoms with Gasteiger partial charge in [-0.1, -0.05) is 42.5 Å². The molecule has 3 rings (SSSR count). The van der Waals surface area contributed by atoms with Crippen molar-refractivity contribution in [2.75, 3.05) is 17.3 Å². The molecule has 0 aliphatic carbocycles. The van der Waals surface area contributed by atoms with Crippen LogP contribution in [0, 0.1) is 0 Å². The van der Waals surface area contributed by atoms with E-state index in [1.165, 1.54) is 6.92 Å². The van der Waals surface area contributed by atoms with Gasteiger partial charge in [0.25, 0.3) is 0 Å². The second kappa shape index (κ2) is 8.63. The molecule has 5 nitrogen and oxygen atoms in total. The Hall–Kier alpha value is -3.25. The highest BCUT2D eigenvalue weighted by Gasteiger charge is 2.09. The van der Waals surface area contributed by atoms with Gasteiger partial charge in [0.05, 0.1) is 6.42 Å². The Labute approximate surface area is 169 Å². The number of fused-ring (bicyclic) bond motifs is 1. The number of nitrogens with zero attached hydrogens (tertiary/aromatic N) is 1. The minimum Gasteiger partial charge on any atom is -0.332 e. The first-order valence-electron chi connectivity index (χ1n) is 8.86. The Morgan fingerprint density at radius 1 is 0.964 bits per heavy atom. The van der Waals surface area contributed by atoms with E-state index in [-0.39, 0.29) is 23.3 Å². The number of benzene rings is 3. The van der Waals surface area contributed by atoms with Crippen molar-refractivity contribution >= 4 is 51.3 Å². The maximum Gasteiger partial charge on any atom is 0.230 e. The van der Waals surface area contributed by atoms with Gasteiger partial charge in [-0.15, -0.1) is 0 Å². The third-order valence-electron chi connectivity index (χ3n) is 4.47. The maximum absolute atomic E-state index is 12.4. The van der Waals surface area contributed by atoms with Crippen molar-refractivity contribution in [2.45, 2.75) is 13.3 Å². The highest BCUT2D eigenvalue weighted by molar-refractivity contribution is 7.80. The number of nitrogens with one attached hydrogen (secondary N) is 2. The first-order valence-corrected chi connectivity index (χ1v) is 9.26. The summed E-state index contributed by atoms with van der Waals surface area (Å²) in [6.07, 6.45) is 0.242. The van der Waals surface area contributed by atoms with Gasteiger partial charge < -0.3 is 15.5 Å². The number of amides is 2. The van der Waals surface area contributed by atoms with Gasteiger partial charge in [0.15, 0.2) is 5.11 Å². The van der Waals surface area contributed by atoms with Crippen molar-refractivity contribution < 1.29 is 9.59 Å². The topological polar surface area (TPSA) is 61.4 Å². The van der Waals surface area contributed by atoms with Gasteiger partial charge in [-0.2, -0.15) is 0 Å². The zero-order valence-corrected chi connectivity index (χ0v) is 16.5. The van der Waals surface area contributed by atoms with Crippen LogP contribution in [0.3, 0.4) is 0 Å². The third kappa shape index (κ3) is 4.72. The molecule has 0 saturated carbocycles. The molecule has 0 saturated heterocycles. The van der Waals surface area contributed by atoms with Gasteiger partial charge in [0, 0.05) is 25.3 Å². The fourth-order valence-corrected chi connectivity index (χ4v) is 3.13. The summed E-state index contributed by atoms with van der Waals surface area (Å²) < 4.78 is 0. The van der Waals surface area contributed by atoms with Crippen molar-refractivity contribution in [2.24, 2.45) is 0 Å². The van der Waals surface area contributed by atoms with Crippen molar-refractivity contribution in [1.82, 2.24) is 5.32 Å². The lowest BCUT2D eigenvalue weighted by Gasteiger charge is -2.16. The minimum atomic E-state index is -0.179. The van der Waals surface area contributed by atoms with Gasteiger partial charge in [0.2, 0.25) is 11.8 Å². The van der Waals surface area contributed by atoms with E-state index in [1.807, 2.05) is 54.6 Å². The lowest BCUT2D eigenvalue weighted by Crippen LogP contribution is -2.35. The molecule has 0 unspecified atom stereocenters. The van der Waals surface area contributed by atoms with Gasteiger partial charge in [0.1, 0.15) is 0 Å². The van der Waals surface area contributed by atoms with Crippen molar-refractivity contribution in [1.29, 1.82) is 0 Å². The van der Waals surface area contributed by atoms with Gasteiger partial charge in [-0.3, -0.25) is 9.59 Å². The smallest absolute Gasteiger partial charge is 0.230 e. The number of carbonyl (C=O) groups is 2. The summed E-state index contributed by atoms with van der Waals surface area (Å²) in [5, 5.41) is 8.10. The Morgan fingerprint density at radius 2 is 1.64 bits per heavy atom. The number of rotatable bonds is 4. The third-order valence-corrected chi connectivity index (χ3v) is 4.67. The van der Waals surface area contributed by atoms with E-state index >= 15 is 0 Å². The molecule has 0 bridgehead atoms. The first kappa shape index (κ1) is 19.5. The van der Waals surface area contributed by atoms with E-state index in [1.54, 1.807) is 24.1 Å². The monoisotopic (exact) mass is 391 g/mol. The second-order valence-corrected chi connectivity index (χ2v) is 6.85. The first-order chi connectivity index (χ1) is 13.4. The van der Waals surface area contributed by atoms with E-state index in [9.17, 15) is 9.59 Å². The zero-order valence-electron chi connectivity index (χ0n) is 15.7. The van der Waals surface area contributed by atoms with Crippen molar-refractivity contribution in [3.05, 3.63) is 72.3 Å². The largest absolute Gasteiger partial charge is 0.332 e. The molecule has 6 heteroatoms. The Kier molecular flexibility index (Phi) is 6.01. The molecule has 0 atom stereocenters. The molecule has 28 heavy (non-hydrogen) atoms. The van der Waals surface area contributed by atoms with Gasteiger partial charge in [-0.05, 0) is 52.8 Å². The number of carbonyl (C=O) groups excluding carboxylic acids is 2. The zero-order chi connectivity index (χ0) is 20.1. The summed E-state index contributed by atoms with van der Waals surface area (Å²) >= 11 is 5.24. The standard InChI is InChI=1S/C22H21N3O2S/c1-15(26)25(2)19-12-10-18(11-13-19)23-22(28)24-21(27)14-17-8-5-7-16-6-3-4-9-20(16)17/h3-13H,14H2,1-2H3,(H2,23,24,27,28). The van der Waals surface area contributed by atoms with Crippen LogP contribution >= 0.6 is 12.2 Å². The van der Waals surface area contributed by atoms with Crippen LogP contribution in [0.1, 0.15) is 12.5 Å². The molecule has 3 aromatic carbocycles. The molecule has 2 amide bonds. The number of hydrogen-bond donors (Lipinski definition) is 2. The quantitative estimate of drug-likeness (QED) is 0.663. The average molecular weight is 391 g/mol. The highest BCUT2D eigenvalue weighted by Crippen LogP contribution is 2.19. The summed E-state index contributed by atoms with van der Waals surface area (Å²) in [6, 6.07) is 21.1. The van der Waals surface area contributed by atoms with Crippen LogP contribution in [0.15, 0.2) is 66.7 Å². The number of anilines is 2. The van der Waals surface area contributed by atoms with E-state index in [2.05, 4.69) is 10.6 Å². The number of hydrogen-bond acceptors (Lipinski definition) is 3. The van der Waals surface area contributed by atoms with Crippen LogP contribution in [0.4, 0.5) is 11.4 Å². The average Bonchev–Trinajstić information content (AvgIpc) is 2.68. The maximum atomic E-state index is 12.4. The number of thiocarbonyl (C=S) groups is 1. The van der Waals surface area contributed by atoms with Crippen molar-refractivity contribution in [3.63, 3.8) is 0 Å². The Morgan fingerprint density at radius 3 is 2.36 bits per heavy atom. The summed E-state index contributed by atoms with van der Waals surface area (Å²) in [5.41, 5.74) is 2.47. The van der Waals surface area contributed by atoms with Crippen molar-refractivity contribution in [3.8, 4) is 0 Å². The Balaban J connectivity index is 1.60. The van der Waals surface area contributed by atoms with Crippen LogP contribution in [-0.4, -0.2) is 24.0 Å². The fraction of sp³-hybridized carbons (Fsp3) is 0.136. The molecule has 0 aromatic heterocycles. The predicted molar refractivity (Wildman–Crippen MR) is 118 cm³/mol. The lowest BCUT2D eigenvalue weighted by molar-refractivity contribution is -0.119. The fourth-order valence-electron chi connectivity index (χ4n) is 2.90. The molecule has 0 aliphatic rings. The summed E-state index contributed by atoms with van der Waals surface area (Å²) in [6.45, 7) is 1.51. The SMILES string of the molecule is CC(=O)N(C)c1ccc(NC(=S)NC(=O)Cc2cccc3ccccc23)cc1. The molecule has 0 radical (unpaired) electrons. The lowest BCUT2D eigenvalue weighted by atomic mass is 10.0. The Bertz CT molecular complexity index is 1030. The van der Waals surface area contributed by atoms with Crippen LogP contribution in [-0.2, 0) is 16.0 Å². The van der Waals surface area contributed by atoms with Gasteiger partial charge in [-0.25, -0.2) is 0 Å². The van der Waals surface area contributed by atoms with E-state index in [0.717, 1.165) is 27.7 Å². The molecule has 3 aromatic rings. The second-order valence-electron chi connectivity index (χ2n) is 6.44. The molecule has 0 spiro atoms. The van der Waals surface area contributed by atoms with Crippen LogP contribution in [0.5, 0.6) is 0 Å². The normalized spacial score (nSPS) is 10.4. The van der Waals surface area contributed by atoms with E-state index < -0.39 is 0 Å². The van der Waals surface area contributed by atoms with E-state index in [0.29, 0.717) is 0 Å². The predicted octanol–water partition coefficient (Wildman–Crippen LogP) is 3.88. The highest BCUT2D eigenvalue weighted by atomic mass is 32.1. The van der Waals surface area contributed by atoms with Crippen LogP contribution < -0.4 is 15.5 Å². The molecule has 0 heterocycles. The van der Waals surface area contributed by atoms with E-state index in [4.69, 9.17) is 12.2 Å². The molecule has 142 valence electrons. The summed E-state index contributed by atoms with van der Waals surface area (Å²) in [5.74, 6) is -0.223. The molecule has 0 aliphatic heterocycles. The van der Waals surface area contributed by atoms with Crippen LogP contribution in [0.2, 0.25) is 0 Å². The van der Waals surface area contributed by atoms with Gasteiger partial charge >= 0.3 is 0 Å². The molecule has 0 fully saturated rings. The molecular weight excluding hydrogens is 370 g/mol. The molecular formula is C22H21N3O2S. The minimum absolute atomic E-state index is 0.0445.